The van der Waals surface area contributed by atoms with Gasteiger partial charge in [-0.3, -0.25) is 0 Å². The van der Waals surface area contributed by atoms with Gasteiger partial charge in [-0.15, -0.1) is 0 Å². The SMILES string of the molecule is CC(C)(C)c1noc(-c2ccnc(N(c3ccncn3)C3CCC(N)CC3)c2)n1. The van der Waals surface area contributed by atoms with Crippen molar-refractivity contribution >= 4 is 11.6 Å². The highest BCUT2D eigenvalue weighted by Crippen LogP contribution is 2.33. The minimum Gasteiger partial charge on any atom is -0.334 e. The molecule has 8 nitrogen and oxygen atoms in total. The first-order valence-electron chi connectivity index (χ1n) is 10.0. The van der Waals surface area contributed by atoms with Gasteiger partial charge in [0.25, 0.3) is 5.89 Å². The number of anilines is 2. The van der Waals surface area contributed by atoms with Gasteiger partial charge in [0, 0.05) is 35.5 Å². The summed E-state index contributed by atoms with van der Waals surface area (Å²) in [5.74, 6) is 2.80. The van der Waals surface area contributed by atoms with Crippen molar-refractivity contribution in [3.05, 3.63) is 42.7 Å². The molecular weight excluding hydrogens is 366 g/mol. The molecule has 0 aliphatic heterocycles. The summed E-state index contributed by atoms with van der Waals surface area (Å²) >= 11 is 0. The maximum Gasteiger partial charge on any atom is 0.258 e. The summed E-state index contributed by atoms with van der Waals surface area (Å²) in [5, 5.41) is 4.14. The molecule has 152 valence electrons. The Bertz CT molecular complexity index is 943. The van der Waals surface area contributed by atoms with Crippen LogP contribution in [0, 0.1) is 0 Å². The summed E-state index contributed by atoms with van der Waals surface area (Å²) in [6.07, 6.45) is 9.05. The molecule has 4 rings (SSSR count). The Morgan fingerprint density at radius 1 is 1.03 bits per heavy atom. The molecule has 0 radical (unpaired) electrons. The Morgan fingerprint density at radius 2 is 1.83 bits per heavy atom. The molecule has 0 unspecified atom stereocenters. The fourth-order valence-corrected chi connectivity index (χ4v) is 3.61. The summed E-state index contributed by atoms with van der Waals surface area (Å²) in [5.41, 5.74) is 6.79. The summed E-state index contributed by atoms with van der Waals surface area (Å²) in [6.45, 7) is 6.18. The number of nitrogens with zero attached hydrogens (tertiary/aromatic N) is 6. The van der Waals surface area contributed by atoms with Crippen LogP contribution in [0.5, 0.6) is 0 Å². The van der Waals surface area contributed by atoms with Crippen molar-refractivity contribution in [2.24, 2.45) is 5.73 Å². The Morgan fingerprint density at radius 3 is 2.48 bits per heavy atom. The van der Waals surface area contributed by atoms with Crippen LogP contribution in [-0.4, -0.2) is 37.2 Å². The molecule has 3 heterocycles. The van der Waals surface area contributed by atoms with E-state index in [0.29, 0.717) is 11.7 Å². The lowest BCUT2D eigenvalue weighted by Crippen LogP contribution is -2.39. The van der Waals surface area contributed by atoms with Gasteiger partial charge >= 0.3 is 0 Å². The smallest absolute Gasteiger partial charge is 0.258 e. The van der Waals surface area contributed by atoms with E-state index in [2.05, 4.69) is 50.8 Å². The molecule has 29 heavy (non-hydrogen) atoms. The average molecular weight is 393 g/mol. The lowest BCUT2D eigenvalue weighted by atomic mass is 9.90. The van der Waals surface area contributed by atoms with E-state index >= 15 is 0 Å². The molecular formula is C21H27N7O. The minimum absolute atomic E-state index is 0.175. The predicted molar refractivity (Wildman–Crippen MR) is 111 cm³/mol. The lowest BCUT2D eigenvalue weighted by Gasteiger charge is -2.36. The van der Waals surface area contributed by atoms with E-state index in [1.807, 2.05) is 18.2 Å². The third kappa shape index (κ3) is 4.27. The molecule has 0 bridgehead atoms. The van der Waals surface area contributed by atoms with E-state index < -0.39 is 0 Å². The van der Waals surface area contributed by atoms with Gasteiger partial charge < -0.3 is 15.2 Å². The van der Waals surface area contributed by atoms with Gasteiger partial charge in [-0.2, -0.15) is 4.98 Å². The van der Waals surface area contributed by atoms with E-state index in [-0.39, 0.29) is 17.5 Å². The van der Waals surface area contributed by atoms with Crippen molar-refractivity contribution in [2.45, 2.75) is 64.0 Å². The van der Waals surface area contributed by atoms with E-state index in [9.17, 15) is 0 Å². The number of hydrogen-bond donors (Lipinski definition) is 1. The second-order valence-corrected chi connectivity index (χ2v) is 8.58. The normalized spacial score (nSPS) is 19.9. The van der Waals surface area contributed by atoms with E-state index in [1.165, 1.54) is 0 Å². The molecule has 2 N–H and O–H groups in total. The quantitative estimate of drug-likeness (QED) is 0.716. The molecule has 0 spiro atoms. The first kappa shape index (κ1) is 19.4. The van der Waals surface area contributed by atoms with Gasteiger partial charge in [-0.25, -0.2) is 15.0 Å². The van der Waals surface area contributed by atoms with Gasteiger partial charge in [0.15, 0.2) is 5.82 Å². The number of aromatic nitrogens is 5. The molecule has 0 atom stereocenters. The Kier molecular flexibility index (Phi) is 5.27. The van der Waals surface area contributed by atoms with Crippen molar-refractivity contribution < 1.29 is 4.52 Å². The van der Waals surface area contributed by atoms with Crippen LogP contribution in [0.2, 0.25) is 0 Å². The Balaban J connectivity index is 1.70. The van der Waals surface area contributed by atoms with Crippen molar-refractivity contribution in [1.82, 2.24) is 25.1 Å². The zero-order chi connectivity index (χ0) is 20.4. The topological polar surface area (TPSA) is 107 Å². The highest BCUT2D eigenvalue weighted by molar-refractivity contribution is 5.64. The molecule has 3 aromatic heterocycles. The van der Waals surface area contributed by atoms with Crippen LogP contribution < -0.4 is 10.6 Å². The summed E-state index contributed by atoms with van der Waals surface area (Å²) < 4.78 is 5.53. The zero-order valence-corrected chi connectivity index (χ0v) is 17.1. The summed E-state index contributed by atoms with van der Waals surface area (Å²) in [4.78, 5) is 19.9. The predicted octanol–water partition coefficient (Wildman–Crippen LogP) is 3.63. The molecule has 0 amide bonds. The molecule has 8 heteroatoms. The van der Waals surface area contributed by atoms with Crippen molar-refractivity contribution in [3.63, 3.8) is 0 Å². The lowest BCUT2D eigenvalue weighted by molar-refractivity contribution is 0.389. The van der Waals surface area contributed by atoms with Crippen LogP contribution >= 0.6 is 0 Å². The highest BCUT2D eigenvalue weighted by Gasteiger charge is 2.28. The fourth-order valence-electron chi connectivity index (χ4n) is 3.61. The van der Waals surface area contributed by atoms with Crippen molar-refractivity contribution in [1.29, 1.82) is 0 Å². The summed E-state index contributed by atoms with van der Waals surface area (Å²) in [6, 6.07) is 6.33. The minimum atomic E-state index is -0.175. The molecule has 1 aliphatic rings. The number of hydrogen-bond acceptors (Lipinski definition) is 8. The Hall–Kier alpha value is -2.87. The van der Waals surface area contributed by atoms with Crippen LogP contribution in [0.3, 0.4) is 0 Å². The van der Waals surface area contributed by atoms with Crippen LogP contribution in [0.4, 0.5) is 11.6 Å². The van der Waals surface area contributed by atoms with Crippen LogP contribution in [0.25, 0.3) is 11.5 Å². The standard InChI is InChI=1S/C21H27N7O/c1-21(2,3)20-26-19(29-27-20)14-8-11-24-18(12-14)28(17-9-10-23-13-25-17)16-6-4-15(22)5-7-16/h8-13,15-16H,4-7,22H2,1-3H3. The van der Waals surface area contributed by atoms with Gasteiger partial charge in [0.05, 0.1) is 0 Å². The number of rotatable bonds is 4. The van der Waals surface area contributed by atoms with Crippen LogP contribution in [0.15, 0.2) is 41.4 Å². The van der Waals surface area contributed by atoms with Gasteiger partial charge in [0.1, 0.15) is 18.0 Å². The first-order chi connectivity index (χ1) is 13.9. The third-order valence-corrected chi connectivity index (χ3v) is 5.26. The molecule has 1 fully saturated rings. The van der Waals surface area contributed by atoms with E-state index in [1.54, 1.807) is 18.7 Å². The van der Waals surface area contributed by atoms with Gasteiger partial charge in [-0.05, 0) is 43.9 Å². The molecule has 3 aromatic rings. The first-order valence-corrected chi connectivity index (χ1v) is 10.0. The van der Waals surface area contributed by atoms with Crippen molar-refractivity contribution in [3.8, 4) is 11.5 Å². The third-order valence-electron chi connectivity index (χ3n) is 5.26. The van der Waals surface area contributed by atoms with Crippen molar-refractivity contribution in [2.75, 3.05) is 4.90 Å². The molecule has 1 aliphatic carbocycles. The molecule has 0 aromatic carbocycles. The Labute approximate surface area is 170 Å². The van der Waals surface area contributed by atoms with Gasteiger partial charge in [-0.1, -0.05) is 25.9 Å². The zero-order valence-electron chi connectivity index (χ0n) is 17.1. The number of nitrogens with two attached hydrogens (primary N) is 1. The van der Waals surface area contributed by atoms with Crippen LogP contribution in [0.1, 0.15) is 52.3 Å². The monoisotopic (exact) mass is 393 g/mol. The largest absolute Gasteiger partial charge is 0.334 e. The van der Waals surface area contributed by atoms with Crippen LogP contribution in [-0.2, 0) is 5.41 Å². The van der Waals surface area contributed by atoms with E-state index in [0.717, 1.165) is 42.9 Å². The molecule has 0 saturated heterocycles. The fraction of sp³-hybridized carbons (Fsp3) is 0.476. The maximum absolute atomic E-state index is 6.12. The number of pyridine rings is 1. The summed E-state index contributed by atoms with van der Waals surface area (Å²) in [7, 11) is 0. The molecule has 1 saturated carbocycles. The second kappa shape index (κ2) is 7.87. The maximum atomic E-state index is 6.12. The van der Waals surface area contributed by atoms with Gasteiger partial charge in [0.2, 0.25) is 0 Å². The second-order valence-electron chi connectivity index (χ2n) is 8.58. The highest BCUT2D eigenvalue weighted by atomic mass is 16.5. The van der Waals surface area contributed by atoms with E-state index in [4.69, 9.17) is 10.3 Å². The average Bonchev–Trinajstić information content (AvgIpc) is 3.22.